The van der Waals surface area contributed by atoms with Crippen LogP contribution < -0.4 is 54.0 Å². The summed E-state index contributed by atoms with van der Waals surface area (Å²) in [5.41, 5.74) is 15.2. The van der Waals surface area contributed by atoms with Gasteiger partial charge in [-0.3, -0.25) is 43.2 Å². The van der Waals surface area contributed by atoms with Crippen LogP contribution in [0.5, 0.6) is 5.75 Å². The van der Waals surface area contributed by atoms with E-state index in [4.69, 9.17) is 11.5 Å². The Bertz CT molecular complexity index is 3480. The van der Waals surface area contributed by atoms with Crippen molar-refractivity contribution in [3.63, 3.8) is 0 Å². The Hall–Kier alpha value is -9.28. The number of carboxylic acids is 1. The Morgan fingerprint density at radius 2 is 1.13 bits per heavy atom. The van der Waals surface area contributed by atoms with Gasteiger partial charge in [-0.25, -0.2) is 4.79 Å². The smallest absolute Gasteiger partial charge is 0.327 e. The van der Waals surface area contributed by atoms with Crippen LogP contribution in [0.25, 0.3) is 10.9 Å². The van der Waals surface area contributed by atoms with Gasteiger partial charge in [-0.2, -0.15) is 0 Å². The molecule has 91 heavy (non-hydrogen) atoms. The summed E-state index contributed by atoms with van der Waals surface area (Å²) < 4.78 is 0. The van der Waals surface area contributed by atoms with E-state index in [0.29, 0.717) is 39.6 Å². The third-order valence-electron chi connectivity index (χ3n) is 15.0. The lowest BCUT2D eigenvalue weighted by molar-refractivity contribution is -0.141. The molecule has 1 saturated heterocycles. The first-order valence-corrected chi connectivity index (χ1v) is 31.9. The maximum atomic E-state index is 15.3. The van der Waals surface area contributed by atoms with Crippen molar-refractivity contribution in [1.82, 2.24) is 52.4 Å². The molecule has 5 aromatic carbocycles. The van der Waals surface area contributed by atoms with Crippen molar-refractivity contribution in [2.75, 3.05) is 25.1 Å². The predicted molar refractivity (Wildman–Crippen MR) is 343 cm³/mol. The van der Waals surface area contributed by atoms with Gasteiger partial charge in [-0.15, -0.1) is 0 Å². The summed E-state index contributed by atoms with van der Waals surface area (Å²) in [7, 11) is 3.06. The number of aromatic hydroxyl groups is 1. The third kappa shape index (κ3) is 20.4. The molecule has 0 radical (unpaired) electrons. The maximum absolute atomic E-state index is 15.3. The quantitative estimate of drug-likeness (QED) is 0.0423. The molecule has 0 bridgehead atoms. The van der Waals surface area contributed by atoms with Crippen LogP contribution in [0.1, 0.15) is 58.8 Å². The molecular weight excluding hydrogens is 1210 g/mol. The summed E-state index contributed by atoms with van der Waals surface area (Å²) in [6, 6.07) is 25.4. The van der Waals surface area contributed by atoms with Crippen molar-refractivity contribution >= 4 is 91.6 Å². The van der Waals surface area contributed by atoms with Crippen molar-refractivity contribution in [1.29, 1.82) is 0 Å². The van der Waals surface area contributed by atoms with Gasteiger partial charge >= 0.3 is 5.97 Å². The largest absolute Gasteiger partial charge is 0.508 e. The molecule has 16 N–H and O–H groups in total. The number of carboxylic acid groups (broad SMARTS) is 1. The molecule has 0 unspecified atom stereocenters. The fourth-order valence-electron chi connectivity index (χ4n) is 9.92. The number of benzene rings is 5. The molecule has 1 fully saturated rings. The number of H-pyrrole nitrogens is 1. The number of para-hydroxylation sites is 1. The Balaban J connectivity index is 1.32. The van der Waals surface area contributed by atoms with E-state index in [-0.39, 0.29) is 67.9 Å². The van der Waals surface area contributed by atoms with Crippen LogP contribution in [0.15, 0.2) is 146 Å². The molecular formula is C64H76N12O13S2. The minimum atomic E-state index is -1.95. The number of aromatic amines is 1. The highest BCUT2D eigenvalue weighted by Crippen LogP contribution is 2.25. The van der Waals surface area contributed by atoms with Gasteiger partial charge in [0, 0.05) is 60.5 Å². The van der Waals surface area contributed by atoms with E-state index in [1.807, 2.05) is 0 Å². The van der Waals surface area contributed by atoms with E-state index >= 15 is 14.4 Å². The number of rotatable bonds is 18. The SMILES string of the molecule is C[C@@H](O)[C@H]1NC(=O)[C@H](CCCCN)NC(=O)[C@H](Cc2c[nH]c3ccccc23)NC(=O)[C@H](N(C)C(=O)c2ccccc2)NC(=O)[C@H](Cc2ccccc2)NC(=O)[C@@H](NC(=O)[C@@H](N)Cc2ccc(O)cc2)CSSC[C@@H](C(=O)O)NC(=O)[C@H](Cc2ccccc2)NC1=O. The molecule has 7 rings (SSSR count). The number of phenolic OH excluding ortho intramolecular Hbond substituents is 1. The molecule has 10 atom stereocenters. The molecule has 9 amide bonds. The summed E-state index contributed by atoms with van der Waals surface area (Å²) in [5, 5.41) is 53.2. The van der Waals surface area contributed by atoms with Crippen molar-refractivity contribution in [3.05, 3.63) is 174 Å². The van der Waals surface area contributed by atoms with Gasteiger partial charge in [0.05, 0.1) is 12.1 Å². The Morgan fingerprint density at radius 3 is 1.75 bits per heavy atom. The minimum absolute atomic E-state index is 0.0269. The van der Waals surface area contributed by atoms with Crippen molar-refractivity contribution < 1.29 is 63.3 Å². The number of hydrogen-bond donors (Lipinski definition) is 14. The van der Waals surface area contributed by atoms with E-state index in [0.717, 1.165) is 26.5 Å². The van der Waals surface area contributed by atoms with Gasteiger partial charge in [-0.05, 0) is 91.7 Å². The van der Waals surface area contributed by atoms with Crippen LogP contribution in [0, 0.1) is 0 Å². The highest BCUT2D eigenvalue weighted by molar-refractivity contribution is 8.76. The zero-order chi connectivity index (χ0) is 65.6. The normalized spacial score (nSPS) is 21.9. The predicted octanol–water partition coefficient (Wildman–Crippen LogP) is 1.07. The number of aliphatic hydroxyl groups excluding tert-OH is 1. The van der Waals surface area contributed by atoms with E-state index < -0.39 is 120 Å². The Morgan fingerprint density at radius 1 is 0.604 bits per heavy atom. The molecule has 6 aromatic rings. The summed E-state index contributed by atoms with van der Waals surface area (Å²) in [5.74, 6) is -10.7. The molecule has 25 nitrogen and oxygen atoms in total. The number of nitrogens with zero attached hydrogens (tertiary/aromatic N) is 1. The fraction of sp³-hybridized carbons (Fsp3) is 0.344. The number of fused-ring (bicyclic) bond motifs is 1. The molecule has 1 aliphatic heterocycles. The molecule has 2 heterocycles. The summed E-state index contributed by atoms with van der Waals surface area (Å²) >= 11 is 0. The lowest BCUT2D eigenvalue weighted by Gasteiger charge is -2.32. The number of aliphatic hydroxyl groups is 1. The zero-order valence-electron chi connectivity index (χ0n) is 50.0. The number of amides is 9. The van der Waals surface area contributed by atoms with Gasteiger partial charge in [0.25, 0.3) is 11.8 Å². The van der Waals surface area contributed by atoms with Gasteiger partial charge in [0.1, 0.15) is 48.0 Å². The van der Waals surface area contributed by atoms with Crippen LogP contribution in [-0.4, -0.2) is 170 Å². The molecule has 1 aliphatic rings. The number of carbonyl (C=O) groups excluding carboxylic acids is 9. The summed E-state index contributed by atoms with van der Waals surface area (Å²) in [4.78, 5) is 149. The number of phenols is 1. The average molecular weight is 1290 g/mol. The lowest BCUT2D eigenvalue weighted by Crippen LogP contribution is -2.64. The second-order valence-electron chi connectivity index (χ2n) is 21.9. The first-order valence-electron chi connectivity index (χ1n) is 29.5. The van der Waals surface area contributed by atoms with Gasteiger partial charge in [0.15, 0.2) is 6.17 Å². The average Bonchev–Trinajstić information content (AvgIpc) is 2.17. The van der Waals surface area contributed by atoms with Gasteiger partial charge in [0.2, 0.25) is 41.4 Å². The number of aliphatic carboxylic acids is 1. The molecule has 27 heteroatoms. The molecule has 0 spiro atoms. The number of aromatic nitrogens is 1. The minimum Gasteiger partial charge on any atom is -0.508 e. The van der Waals surface area contributed by atoms with Crippen LogP contribution in [0.2, 0.25) is 0 Å². The summed E-state index contributed by atoms with van der Waals surface area (Å²) in [6.07, 6.45) is -2.13. The summed E-state index contributed by atoms with van der Waals surface area (Å²) in [6.45, 7) is 1.41. The van der Waals surface area contributed by atoms with E-state index in [9.17, 15) is 48.9 Å². The Kier molecular flexibility index (Phi) is 25.9. The highest BCUT2D eigenvalue weighted by Gasteiger charge is 2.39. The topological polar surface area (TPSA) is 399 Å². The van der Waals surface area contributed by atoms with E-state index in [1.54, 1.807) is 121 Å². The molecule has 1 aromatic heterocycles. The lowest BCUT2D eigenvalue weighted by atomic mass is 10.0. The van der Waals surface area contributed by atoms with Crippen molar-refractivity contribution in [3.8, 4) is 5.75 Å². The van der Waals surface area contributed by atoms with Gasteiger partial charge in [-0.1, -0.05) is 131 Å². The number of nitrogens with two attached hydrogens (primary N) is 2. The standard InChI is InChI=1S/C64H76N12O13S2/c1-37(77)53-61(85)70-48(31-38-16-6-3-7-17-38)57(81)73-52(64(88)89)36-91-90-35-51(72-55(79)45(66)30-40-25-27-43(78)28-26-40)60(84)69-49(32-39-18-8-4-9-19-39)59(83)75-54(76(2)63(87)41-20-10-5-11-21-41)62(86)71-50(33-42-34-67-46-23-13-12-22-44(42)46)58(82)68-47(56(80)74-53)24-14-15-29-65/h3-13,16-23,25-28,34,37,45,47-54,67,77-78H,14-15,24,29-33,35-36,65-66H2,1-2H3,(H,68,82)(H,69,84)(H,70,85)(H,71,86)(H,72,79)(H,73,81)(H,74,80)(H,75,83)(H,88,89)/t37-,45+,47+,48+,49+,50+,51+,52+,53-,54+/m1/s1. The maximum Gasteiger partial charge on any atom is 0.327 e. The van der Waals surface area contributed by atoms with Gasteiger partial charge < -0.3 is 79.2 Å². The van der Waals surface area contributed by atoms with E-state index in [2.05, 4.69) is 47.5 Å². The zero-order valence-corrected chi connectivity index (χ0v) is 51.7. The van der Waals surface area contributed by atoms with Crippen LogP contribution >= 0.6 is 21.6 Å². The van der Waals surface area contributed by atoms with Crippen LogP contribution in [0.3, 0.4) is 0 Å². The Labute approximate surface area is 533 Å². The molecule has 482 valence electrons. The highest BCUT2D eigenvalue weighted by atomic mass is 33.1. The second-order valence-corrected chi connectivity index (χ2v) is 24.5. The number of carbonyl (C=O) groups is 10. The molecule has 0 aliphatic carbocycles. The second kappa shape index (κ2) is 34.1. The van der Waals surface area contributed by atoms with Crippen molar-refractivity contribution in [2.24, 2.45) is 11.5 Å². The van der Waals surface area contributed by atoms with Crippen LogP contribution in [-0.2, 0) is 68.8 Å². The number of nitrogens with one attached hydrogen (secondary N) is 9. The first kappa shape index (κ1) is 69.2. The third-order valence-corrected chi connectivity index (χ3v) is 17.4. The molecule has 0 saturated carbocycles. The fourth-order valence-corrected chi connectivity index (χ4v) is 12.2. The van der Waals surface area contributed by atoms with Crippen LogP contribution in [0.4, 0.5) is 0 Å². The monoisotopic (exact) mass is 1280 g/mol. The number of unbranched alkanes of at least 4 members (excludes halogenated alkanes) is 1. The first-order chi connectivity index (χ1) is 43.7. The number of hydrogen-bond acceptors (Lipinski definition) is 16. The number of likely N-dealkylation sites (N-methyl/N-ethyl adjacent to an activating group) is 1. The van der Waals surface area contributed by atoms with E-state index in [1.165, 1.54) is 38.2 Å². The van der Waals surface area contributed by atoms with Crippen molar-refractivity contribution in [2.45, 2.75) is 112 Å².